The number of carbonyl (C=O) groups excluding carboxylic acids is 1. The minimum atomic E-state index is -4.46. The highest BCUT2D eigenvalue weighted by Crippen LogP contribution is 2.45. The first kappa shape index (κ1) is 41.0. The SMILES string of the molecule is C=CCCCC(=O)O[C@H]1CC(O[Si](C)(C)C(C)(C)C)[C@H](/C=C/[C@H](COc2cccc(C(F)(F)F)c2)O[Si](CC)(CC)CC)[C@H]1CC=C. The number of alkyl halides is 3. The van der Waals surface area contributed by atoms with Gasteiger partial charge in [0.15, 0.2) is 16.6 Å². The molecule has 0 radical (unpaired) electrons. The van der Waals surface area contributed by atoms with Gasteiger partial charge in [-0.3, -0.25) is 4.79 Å². The molecule has 10 heteroatoms. The van der Waals surface area contributed by atoms with Gasteiger partial charge in [0.2, 0.25) is 0 Å². The first-order valence-corrected chi connectivity index (χ1v) is 22.6. The molecule has 1 saturated carbocycles. The summed E-state index contributed by atoms with van der Waals surface area (Å²) < 4.78 is 66.1. The highest BCUT2D eigenvalue weighted by molar-refractivity contribution is 6.74. The second-order valence-corrected chi connectivity index (χ2v) is 23.7. The number of carbonyl (C=O) groups is 1. The Morgan fingerprint density at radius 2 is 1.70 bits per heavy atom. The molecule has 0 bridgehead atoms. The monoisotopic (exact) mass is 696 g/mol. The Hall–Kier alpha value is -2.15. The molecule has 47 heavy (non-hydrogen) atoms. The number of unbranched alkanes of at least 4 members (excludes halogenated alkanes) is 1. The summed E-state index contributed by atoms with van der Waals surface area (Å²) >= 11 is 0. The molecule has 0 spiro atoms. The highest BCUT2D eigenvalue weighted by atomic mass is 28.4. The van der Waals surface area contributed by atoms with Crippen LogP contribution in [-0.2, 0) is 24.6 Å². The van der Waals surface area contributed by atoms with Gasteiger partial charge in [0.25, 0.3) is 0 Å². The van der Waals surface area contributed by atoms with Crippen molar-refractivity contribution in [3.63, 3.8) is 0 Å². The molecule has 2 rings (SSSR count). The molecule has 1 aromatic rings. The number of allylic oxidation sites excluding steroid dienone is 2. The van der Waals surface area contributed by atoms with Crippen LogP contribution in [0.4, 0.5) is 13.2 Å². The molecule has 1 aliphatic carbocycles. The predicted octanol–water partition coefficient (Wildman–Crippen LogP) is 10.9. The number of hydrogen-bond donors (Lipinski definition) is 0. The molecule has 1 unspecified atom stereocenters. The zero-order valence-corrected chi connectivity index (χ0v) is 32.0. The molecule has 1 aromatic carbocycles. The van der Waals surface area contributed by atoms with E-state index >= 15 is 0 Å². The molecule has 5 atom stereocenters. The zero-order valence-electron chi connectivity index (χ0n) is 30.0. The maximum absolute atomic E-state index is 13.4. The van der Waals surface area contributed by atoms with Crippen LogP contribution in [0.3, 0.4) is 0 Å². The standard InChI is InChI=1S/C37H59F3O5Si2/c1-11-16-17-22-35(41)43-33-26-34(45-46(9,10)36(6,7)8)32(31(33)19-12-2)24-23-30(44-47(13-3,14-4)15-5)27-42-29-21-18-20-28(25-29)37(38,39)40/h11-12,18,20-21,23-25,30-34H,1-2,13-17,19,22,26-27H2,3-10H3/b24-23+/t30-,31-,32-,33+,34?/m1/s1. The van der Waals surface area contributed by atoms with Crippen LogP contribution in [0, 0.1) is 11.8 Å². The Morgan fingerprint density at radius 3 is 2.26 bits per heavy atom. The average Bonchev–Trinajstić information content (AvgIpc) is 3.30. The molecule has 5 nitrogen and oxygen atoms in total. The number of rotatable bonds is 19. The van der Waals surface area contributed by atoms with E-state index in [1.807, 2.05) is 12.2 Å². The Kier molecular flexibility index (Phi) is 15.7. The average molecular weight is 697 g/mol. The molecule has 1 aliphatic rings. The van der Waals surface area contributed by atoms with Crippen LogP contribution in [0.5, 0.6) is 5.75 Å². The van der Waals surface area contributed by atoms with Crippen LogP contribution < -0.4 is 4.74 Å². The Balaban J connectivity index is 2.48. The lowest BCUT2D eigenvalue weighted by molar-refractivity contribution is -0.151. The van der Waals surface area contributed by atoms with Gasteiger partial charge in [0.1, 0.15) is 18.5 Å². The molecule has 266 valence electrons. The van der Waals surface area contributed by atoms with Crippen molar-refractivity contribution in [2.75, 3.05) is 6.61 Å². The van der Waals surface area contributed by atoms with Crippen LogP contribution in [0.25, 0.3) is 0 Å². The molecular formula is C37H59F3O5Si2. The van der Waals surface area contributed by atoms with E-state index in [4.69, 9.17) is 18.3 Å². The van der Waals surface area contributed by atoms with E-state index in [1.165, 1.54) is 12.1 Å². The summed E-state index contributed by atoms with van der Waals surface area (Å²) in [4.78, 5) is 12.9. The van der Waals surface area contributed by atoms with E-state index in [-0.39, 0.29) is 47.4 Å². The van der Waals surface area contributed by atoms with Crippen LogP contribution in [0.1, 0.15) is 79.2 Å². The number of esters is 1. The fraction of sp³-hybridized carbons (Fsp3) is 0.649. The summed E-state index contributed by atoms with van der Waals surface area (Å²) in [5.41, 5.74) is -0.753. The summed E-state index contributed by atoms with van der Waals surface area (Å²) in [5, 5.41) is -0.0202. The third-order valence-corrected chi connectivity index (χ3v) is 19.3. The maximum atomic E-state index is 13.4. The topological polar surface area (TPSA) is 54.0 Å². The van der Waals surface area contributed by atoms with E-state index in [9.17, 15) is 18.0 Å². The third-order valence-electron chi connectivity index (χ3n) is 10.1. The Bertz CT molecular complexity index is 1160. The summed E-state index contributed by atoms with van der Waals surface area (Å²) in [6.07, 6.45) is 5.34. The van der Waals surface area contributed by atoms with Crippen molar-refractivity contribution in [3.05, 3.63) is 67.3 Å². The van der Waals surface area contributed by atoms with Crippen LogP contribution in [0.15, 0.2) is 61.7 Å². The number of benzene rings is 1. The second kappa shape index (κ2) is 18.0. The van der Waals surface area contributed by atoms with Crippen molar-refractivity contribution in [2.24, 2.45) is 11.8 Å². The van der Waals surface area contributed by atoms with Gasteiger partial charge in [-0.2, -0.15) is 13.2 Å². The van der Waals surface area contributed by atoms with E-state index in [0.29, 0.717) is 25.7 Å². The Labute approximate surface area is 284 Å². The van der Waals surface area contributed by atoms with Gasteiger partial charge in [0, 0.05) is 24.7 Å². The van der Waals surface area contributed by atoms with Gasteiger partial charge in [-0.1, -0.05) is 71.9 Å². The lowest BCUT2D eigenvalue weighted by atomic mass is 9.90. The summed E-state index contributed by atoms with van der Waals surface area (Å²) in [6, 6.07) is 7.70. The molecule has 0 aliphatic heterocycles. The quantitative estimate of drug-likeness (QED) is 0.0624. The van der Waals surface area contributed by atoms with Crippen molar-refractivity contribution in [3.8, 4) is 5.75 Å². The fourth-order valence-corrected chi connectivity index (χ4v) is 10.1. The molecule has 0 saturated heterocycles. The van der Waals surface area contributed by atoms with Gasteiger partial charge < -0.3 is 18.3 Å². The van der Waals surface area contributed by atoms with E-state index in [2.05, 4.69) is 73.9 Å². The van der Waals surface area contributed by atoms with Gasteiger partial charge in [-0.15, -0.1) is 13.2 Å². The van der Waals surface area contributed by atoms with Crippen molar-refractivity contribution in [1.82, 2.24) is 0 Å². The maximum Gasteiger partial charge on any atom is 0.416 e. The van der Waals surface area contributed by atoms with Crippen molar-refractivity contribution in [1.29, 1.82) is 0 Å². The van der Waals surface area contributed by atoms with E-state index < -0.39 is 34.5 Å². The van der Waals surface area contributed by atoms with Crippen LogP contribution >= 0.6 is 0 Å². The molecule has 0 heterocycles. The second-order valence-electron chi connectivity index (χ2n) is 14.2. The number of ether oxygens (including phenoxy) is 2. The highest BCUT2D eigenvalue weighted by Gasteiger charge is 2.48. The predicted molar refractivity (Wildman–Crippen MR) is 191 cm³/mol. The van der Waals surface area contributed by atoms with Gasteiger partial charge in [-0.25, -0.2) is 0 Å². The van der Waals surface area contributed by atoms with Crippen molar-refractivity contribution in [2.45, 2.75) is 134 Å². The van der Waals surface area contributed by atoms with Crippen LogP contribution in [0.2, 0.25) is 36.3 Å². The third kappa shape index (κ3) is 12.0. The molecular weight excluding hydrogens is 638 g/mol. The Morgan fingerprint density at radius 1 is 1.04 bits per heavy atom. The summed E-state index contributed by atoms with van der Waals surface area (Å²) in [5.74, 6) is -0.209. The summed E-state index contributed by atoms with van der Waals surface area (Å²) in [6.45, 7) is 25.3. The minimum Gasteiger partial charge on any atom is -0.491 e. The van der Waals surface area contributed by atoms with E-state index in [1.54, 1.807) is 6.08 Å². The van der Waals surface area contributed by atoms with Crippen molar-refractivity contribution >= 4 is 22.6 Å². The smallest absolute Gasteiger partial charge is 0.416 e. The zero-order chi connectivity index (χ0) is 35.5. The minimum absolute atomic E-state index is 0.0202. The first-order valence-electron chi connectivity index (χ1n) is 17.2. The molecule has 1 fully saturated rings. The number of hydrogen-bond acceptors (Lipinski definition) is 5. The van der Waals surface area contributed by atoms with Crippen molar-refractivity contribution < 1.29 is 36.3 Å². The lowest BCUT2D eigenvalue weighted by Crippen LogP contribution is -2.45. The molecule has 0 amide bonds. The van der Waals surface area contributed by atoms with Gasteiger partial charge in [-0.05, 0) is 73.7 Å². The molecule has 0 aromatic heterocycles. The normalized spacial score (nSPS) is 21.5. The van der Waals surface area contributed by atoms with E-state index in [0.717, 1.165) is 36.7 Å². The van der Waals surface area contributed by atoms with Gasteiger partial charge in [0.05, 0.1) is 17.8 Å². The molecule has 0 N–H and O–H groups in total. The summed E-state index contributed by atoms with van der Waals surface area (Å²) in [7, 11) is -4.33. The van der Waals surface area contributed by atoms with Crippen LogP contribution in [-0.4, -0.2) is 47.5 Å². The fourth-order valence-electron chi connectivity index (χ4n) is 5.93. The first-order chi connectivity index (χ1) is 22.0. The van der Waals surface area contributed by atoms with Gasteiger partial charge >= 0.3 is 12.1 Å². The number of halogens is 3. The largest absolute Gasteiger partial charge is 0.491 e. The lowest BCUT2D eigenvalue weighted by Gasteiger charge is -2.40.